The van der Waals surface area contributed by atoms with Crippen molar-refractivity contribution in [3.05, 3.63) is 29.3 Å². The van der Waals surface area contributed by atoms with Crippen LogP contribution in [0, 0.1) is 13.8 Å². The summed E-state index contributed by atoms with van der Waals surface area (Å²) in [5.74, 6) is 0. The lowest BCUT2D eigenvalue weighted by atomic mass is 10.2. The summed E-state index contributed by atoms with van der Waals surface area (Å²) in [5, 5.41) is 0. The monoisotopic (exact) mass is 354 g/mol. The predicted molar refractivity (Wildman–Crippen MR) is 92.5 cm³/mol. The molecule has 0 bridgehead atoms. The molecule has 0 radical (unpaired) electrons. The summed E-state index contributed by atoms with van der Waals surface area (Å²) in [7, 11) is -3.54. The first kappa shape index (κ1) is 18.7. The van der Waals surface area contributed by atoms with Crippen molar-refractivity contribution < 1.29 is 17.9 Å². The molecule has 1 aromatic rings. The summed E-state index contributed by atoms with van der Waals surface area (Å²) >= 11 is 0. The first-order valence-electron chi connectivity index (χ1n) is 8.06. The molecule has 1 heterocycles. The molecule has 0 saturated carbocycles. The first-order chi connectivity index (χ1) is 11.0. The topological polar surface area (TPSA) is 66.9 Å². The number of aryl methyl sites for hydroxylation is 2. The smallest absolute Gasteiger partial charge is 0.410 e. The van der Waals surface area contributed by atoms with Crippen LogP contribution in [-0.2, 0) is 14.8 Å². The van der Waals surface area contributed by atoms with Crippen molar-refractivity contribution in [2.75, 3.05) is 26.2 Å². The molecule has 2 rings (SSSR count). The Kier molecular flexibility index (Phi) is 5.25. The Morgan fingerprint density at radius 2 is 1.67 bits per heavy atom. The Hall–Kier alpha value is -1.60. The molecular weight excluding hydrogens is 328 g/mol. The van der Waals surface area contributed by atoms with E-state index in [9.17, 15) is 13.2 Å². The third kappa shape index (κ3) is 4.27. The molecule has 7 heteroatoms. The number of hydrogen-bond donors (Lipinski definition) is 0. The zero-order chi connectivity index (χ0) is 18.1. The maximum absolute atomic E-state index is 12.9. The third-order valence-electron chi connectivity index (χ3n) is 3.85. The lowest BCUT2D eigenvalue weighted by Gasteiger charge is -2.35. The average Bonchev–Trinajstić information content (AvgIpc) is 2.48. The van der Waals surface area contributed by atoms with E-state index in [1.807, 2.05) is 39.8 Å². The van der Waals surface area contributed by atoms with Gasteiger partial charge in [0.15, 0.2) is 0 Å². The zero-order valence-corrected chi connectivity index (χ0v) is 15.8. The van der Waals surface area contributed by atoms with Gasteiger partial charge in [0, 0.05) is 26.2 Å². The minimum atomic E-state index is -3.54. The average molecular weight is 354 g/mol. The Bertz CT molecular complexity index is 715. The molecule has 134 valence electrons. The highest BCUT2D eigenvalue weighted by Crippen LogP contribution is 2.23. The number of rotatable bonds is 2. The molecule has 24 heavy (non-hydrogen) atoms. The normalized spacial score (nSPS) is 17.0. The van der Waals surface area contributed by atoms with Gasteiger partial charge in [-0.25, -0.2) is 13.2 Å². The molecule has 0 spiro atoms. The fourth-order valence-corrected chi connectivity index (χ4v) is 4.29. The van der Waals surface area contributed by atoms with Crippen molar-refractivity contribution in [3.8, 4) is 0 Å². The summed E-state index contributed by atoms with van der Waals surface area (Å²) < 4.78 is 32.5. The highest BCUT2D eigenvalue weighted by atomic mass is 32.2. The largest absolute Gasteiger partial charge is 0.444 e. The number of amides is 1. The summed E-state index contributed by atoms with van der Waals surface area (Å²) in [6.07, 6.45) is -0.397. The van der Waals surface area contributed by atoms with E-state index in [1.165, 1.54) is 4.31 Å². The molecule has 1 aromatic carbocycles. The summed E-state index contributed by atoms with van der Waals surface area (Å²) in [5.41, 5.74) is 1.08. The molecule has 0 atom stereocenters. The van der Waals surface area contributed by atoms with Crippen LogP contribution in [0.1, 0.15) is 31.9 Å². The second kappa shape index (κ2) is 6.72. The van der Waals surface area contributed by atoms with Crippen molar-refractivity contribution in [3.63, 3.8) is 0 Å². The molecule has 0 aromatic heterocycles. The molecule has 6 nitrogen and oxygen atoms in total. The number of benzene rings is 1. The highest BCUT2D eigenvalue weighted by Gasteiger charge is 2.32. The highest BCUT2D eigenvalue weighted by molar-refractivity contribution is 7.89. The van der Waals surface area contributed by atoms with Gasteiger partial charge in [-0.2, -0.15) is 4.31 Å². The van der Waals surface area contributed by atoms with Gasteiger partial charge >= 0.3 is 6.09 Å². The summed E-state index contributed by atoms with van der Waals surface area (Å²) in [4.78, 5) is 14.0. The Morgan fingerprint density at radius 3 is 2.21 bits per heavy atom. The quantitative estimate of drug-likeness (QED) is 0.818. The van der Waals surface area contributed by atoms with Crippen molar-refractivity contribution in [2.45, 2.75) is 45.1 Å². The van der Waals surface area contributed by atoms with Gasteiger partial charge in [0.2, 0.25) is 10.0 Å². The van der Waals surface area contributed by atoms with Gasteiger partial charge in [0.05, 0.1) is 4.90 Å². The second-order valence-electron chi connectivity index (χ2n) is 7.14. The lowest BCUT2D eigenvalue weighted by molar-refractivity contribution is 0.0192. The van der Waals surface area contributed by atoms with Gasteiger partial charge < -0.3 is 9.64 Å². The molecule has 1 aliphatic rings. The number of ether oxygens (including phenoxy) is 1. The number of hydrogen-bond acceptors (Lipinski definition) is 4. The number of piperazine rings is 1. The van der Waals surface area contributed by atoms with Gasteiger partial charge in [-0.3, -0.25) is 0 Å². The van der Waals surface area contributed by atoms with Crippen LogP contribution >= 0.6 is 0 Å². The number of sulfonamides is 1. The van der Waals surface area contributed by atoms with Crippen LogP contribution in [0.15, 0.2) is 23.1 Å². The van der Waals surface area contributed by atoms with E-state index >= 15 is 0 Å². The van der Waals surface area contributed by atoms with E-state index in [1.54, 1.807) is 17.9 Å². The minimum absolute atomic E-state index is 0.273. The Labute approximate surface area is 144 Å². The maximum atomic E-state index is 12.9. The van der Waals surface area contributed by atoms with Crippen LogP contribution in [0.2, 0.25) is 0 Å². The van der Waals surface area contributed by atoms with Gasteiger partial charge in [-0.05, 0) is 51.8 Å². The standard InChI is InChI=1S/C17H26N2O4S/c1-13-6-7-14(2)15(12-13)24(21,22)19-10-8-18(9-11-19)16(20)23-17(3,4)5/h6-7,12H,8-11H2,1-5H3. The van der Waals surface area contributed by atoms with Gasteiger partial charge in [-0.1, -0.05) is 12.1 Å². The van der Waals surface area contributed by atoms with E-state index < -0.39 is 21.7 Å². The maximum Gasteiger partial charge on any atom is 0.410 e. The Morgan fingerprint density at radius 1 is 1.08 bits per heavy atom. The predicted octanol–water partition coefficient (Wildman–Crippen LogP) is 2.54. The molecule has 1 saturated heterocycles. The van der Waals surface area contributed by atoms with Crippen LogP contribution in [-0.4, -0.2) is 55.5 Å². The molecule has 1 aliphatic heterocycles. The SMILES string of the molecule is Cc1ccc(C)c(S(=O)(=O)N2CCN(C(=O)OC(C)(C)C)CC2)c1. The zero-order valence-electron chi connectivity index (χ0n) is 15.0. The van der Waals surface area contributed by atoms with Crippen LogP contribution in [0.3, 0.4) is 0 Å². The third-order valence-corrected chi connectivity index (χ3v) is 5.89. The summed E-state index contributed by atoms with van der Waals surface area (Å²) in [6, 6.07) is 5.42. The first-order valence-corrected chi connectivity index (χ1v) is 9.50. The Balaban J connectivity index is 2.09. The molecule has 0 unspecified atom stereocenters. The van der Waals surface area contributed by atoms with Crippen LogP contribution < -0.4 is 0 Å². The lowest BCUT2D eigenvalue weighted by Crippen LogP contribution is -2.51. The fraction of sp³-hybridized carbons (Fsp3) is 0.588. The summed E-state index contributed by atoms with van der Waals surface area (Å²) in [6.45, 7) is 10.3. The van der Waals surface area contributed by atoms with E-state index in [0.29, 0.717) is 18.0 Å². The van der Waals surface area contributed by atoms with Crippen molar-refractivity contribution >= 4 is 16.1 Å². The van der Waals surface area contributed by atoms with E-state index in [-0.39, 0.29) is 13.1 Å². The van der Waals surface area contributed by atoms with Crippen molar-refractivity contribution in [1.29, 1.82) is 0 Å². The molecule has 1 amide bonds. The number of nitrogens with zero attached hydrogens (tertiary/aromatic N) is 2. The van der Waals surface area contributed by atoms with Gasteiger partial charge in [0.1, 0.15) is 5.60 Å². The minimum Gasteiger partial charge on any atom is -0.444 e. The second-order valence-corrected chi connectivity index (χ2v) is 9.05. The van der Waals surface area contributed by atoms with Crippen LogP contribution in [0.25, 0.3) is 0 Å². The fourth-order valence-electron chi connectivity index (χ4n) is 2.56. The number of carbonyl (C=O) groups is 1. The van der Waals surface area contributed by atoms with Gasteiger partial charge in [0.25, 0.3) is 0 Å². The molecule has 0 aliphatic carbocycles. The van der Waals surface area contributed by atoms with Crippen LogP contribution in [0.4, 0.5) is 4.79 Å². The van der Waals surface area contributed by atoms with Gasteiger partial charge in [-0.15, -0.1) is 0 Å². The van der Waals surface area contributed by atoms with E-state index in [2.05, 4.69) is 0 Å². The van der Waals surface area contributed by atoms with Crippen LogP contribution in [0.5, 0.6) is 0 Å². The molecule has 0 N–H and O–H groups in total. The van der Waals surface area contributed by atoms with E-state index in [4.69, 9.17) is 4.74 Å². The van der Waals surface area contributed by atoms with Crippen molar-refractivity contribution in [1.82, 2.24) is 9.21 Å². The molecule has 1 fully saturated rings. The van der Waals surface area contributed by atoms with Crippen molar-refractivity contribution in [2.24, 2.45) is 0 Å². The number of carbonyl (C=O) groups excluding carboxylic acids is 1. The molecular formula is C17H26N2O4S. The van der Waals surface area contributed by atoms with E-state index in [0.717, 1.165) is 11.1 Å².